The van der Waals surface area contributed by atoms with Crippen LogP contribution in [-0.2, 0) is 11.3 Å². The maximum atomic E-state index is 13.1. The molecule has 0 saturated carbocycles. The second-order valence-electron chi connectivity index (χ2n) is 7.02. The van der Waals surface area contributed by atoms with Crippen molar-refractivity contribution in [2.45, 2.75) is 6.54 Å². The summed E-state index contributed by atoms with van der Waals surface area (Å²) in [5, 5.41) is 4.27. The van der Waals surface area contributed by atoms with Crippen LogP contribution >= 0.6 is 0 Å². The van der Waals surface area contributed by atoms with Gasteiger partial charge in [0, 0.05) is 31.9 Å². The number of carbonyl (C=O) groups excluding carboxylic acids is 1. The lowest BCUT2D eigenvalue weighted by atomic mass is 9.92. The van der Waals surface area contributed by atoms with Crippen molar-refractivity contribution < 1.29 is 9.18 Å². The molecule has 146 valence electrons. The number of aromatic nitrogens is 2. The summed E-state index contributed by atoms with van der Waals surface area (Å²) in [7, 11) is 6.12. The van der Waals surface area contributed by atoms with Crippen LogP contribution in [0.25, 0.3) is 11.3 Å². The third-order valence-electron chi connectivity index (χ3n) is 5.17. The molecule has 2 heterocycles. The van der Waals surface area contributed by atoms with E-state index in [9.17, 15) is 9.18 Å². The van der Waals surface area contributed by atoms with E-state index in [1.165, 1.54) is 12.1 Å². The van der Waals surface area contributed by atoms with E-state index in [1.807, 2.05) is 35.2 Å². The van der Waals surface area contributed by atoms with Crippen molar-refractivity contribution in [3.05, 3.63) is 60.4 Å². The van der Waals surface area contributed by atoms with Crippen LogP contribution in [0, 0.1) is 5.82 Å². The molecule has 2 N–H and O–H groups in total. The van der Waals surface area contributed by atoms with Gasteiger partial charge in [-0.25, -0.2) is 4.39 Å². The van der Waals surface area contributed by atoms with Crippen LogP contribution in [0.2, 0.25) is 0 Å². The highest BCUT2D eigenvalue weighted by atomic mass is 19.1. The van der Waals surface area contributed by atoms with E-state index in [4.69, 9.17) is 13.6 Å². The summed E-state index contributed by atoms with van der Waals surface area (Å²) in [5.41, 5.74) is 8.76. The zero-order valence-electron chi connectivity index (χ0n) is 16.0. The van der Waals surface area contributed by atoms with Gasteiger partial charge >= 0.3 is 0 Å². The van der Waals surface area contributed by atoms with Crippen molar-refractivity contribution in [1.82, 2.24) is 14.7 Å². The van der Waals surface area contributed by atoms with Gasteiger partial charge in [-0.2, -0.15) is 5.10 Å². The molecule has 8 heteroatoms. The Hall–Kier alpha value is -3.29. The highest BCUT2D eigenvalue weighted by Crippen LogP contribution is 2.20. The van der Waals surface area contributed by atoms with Crippen LogP contribution in [0.4, 0.5) is 15.9 Å². The molecule has 1 saturated heterocycles. The van der Waals surface area contributed by atoms with Gasteiger partial charge < -0.3 is 15.5 Å². The van der Waals surface area contributed by atoms with Gasteiger partial charge in [0.2, 0.25) is 5.91 Å². The normalized spacial score (nSPS) is 14.2. The van der Waals surface area contributed by atoms with Gasteiger partial charge in [0.1, 0.15) is 26.0 Å². The zero-order valence-corrected chi connectivity index (χ0v) is 16.0. The average molecular weight is 389 g/mol. The highest BCUT2D eigenvalue weighted by molar-refractivity contribution is 6.38. The van der Waals surface area contributed by atoms with Gasteiger partial charge in [-0.05, 0) is 35.3 Å². The van der Waals surface area contributed by atoms with Crippen LogP contribution < -0.4 is 16.1 Å². The lowest BCUT2D eigenvalue weighted by Crippen LogP contribution is -2.49. The molecule has 2 radical (unpaired) electrons. The van der Waals surface area contributed by atoms with Crippen molar-refractivity contribution >= 4 is 30.7 Å². The zero-order chi connectivity index (χ0) is 20.4. The van der Waals surface area contributed by atoms with E-state index in [1.54, 1.807) is 16.8 Å². The predicted molar refractivity (Wildman–Crippen MR) is 113 cm³/mol. The maximum Gasteiger partial charge on any atom is 0.244 e. The largest absolute Gasteiger partial charge is 0.383 e. The predicted octanol–water partition coefficient (Wildman–Crippen LogP) is 1.41. The number of amides is 1. The highest BCUT2D eigenvalue weighted by Gasteiger charge is 2.23. The molecule has 1 aliphatic rings. The Bertz CT molecular complexity index is 998. The van der Waals surface area contributed by atoms with Crippen molar-refractivity contribution in [2.24, 2.45) is 0 Å². The number of halogens is 1. The van der Waals surface area contributed by atoms with E-state index < -0.39 is 0 Å². The van der Waals surface area contributed by atoms with Gasteiger partial charge in [-0.3, -0.25) is 9.48 Å². The molecule has 1 amide bonds. The number of benzene rings is 2. The Labute approximate surface area is 170 Å². The third kappa shape index (κ3) is 3.96. The number of piperazine rings is 1. The quantitative estimate of drug-likeness (QED) is 0.686. The summed E-state index contributed by atoms with van der Waals surface area (Å²) in [6.07, 6.45) is 0. The Morgan fingerprint density at radius 3 is 2.34 bits per heavy atom. The number of rotatable bonds is 4. The topological polar surface area (TPSA) is 67.4 Å². The van der Waals surface area contributed by atoms with Crippen molar-refractivity contribution in [2.75, 3.05) is 36.8 Å². The number of nitrogens with zero attached hydrogens (tertiary/aromatic N) is 4. The van der Waals surface area contributed by atoms with Crippen LogP contribution in [-0.4, -0.2) is 54.6 Å². The van der Waals surface area contributed by atoms with Gasteiger partial charge in [0.05, 0.1) is 5.69 Å². The molecule has 0 bridgehead atoms. The van der Waals surface area contributed by atoms with Gasteiger partial charge in [-0.1, -0.05) is 30.3 Å². The first kappa shape index (κ1) is 19.0. The minimum absolute atomic E-state index is 0.0385. The van der Waals surface area contributed by atoms with E-state index in [0.717, 1.165) is 11.3 Å². The second kappa shape index (κ2) is 7.99. The van der Waals surface area contributed by atoms with E-state index in [0.29, 0.717) is 37.3 Å². The molecule has 29 heavy (non-hydrogen) atoms. The number of anilines is 2. The first-order valence-corrected chi connectivity index (χ1v) is 9.48. The lowest BCUT2D eigenvalue weighted by molar-refractivity contribution is -0.132. The molecular weight excluding hydrogens is 368 g/mol. The van der Waals surface area contributed by atoms with Crippen LogP contribution in [0.1, 0.15) is 0 Å². The SMILES string of the molecule is [B]c1c(N)nn(CC(=O)N2CCN(c3ccc(F)cc3)CC2)c1-c1ccccc1. The molecule has 1 aliphatic heterocycles. The summed E-state index contributed by atoms with van der Waals surface area (Å²) >= 11 is 0. The standard InChI is InChI=1S/C21H21BFN5O/c22-19-20(15-4-2-1-3-5-15)28(25-21(19)24)14-18(29)27-12-10-26(11-13-27)17-8-6-16(23)7-9-17/h1-9H,10-14H2,(H2,24,25). The molecule has 2 aromatic carbocycles. The number of hydrogen-bond donors (Lipinski definition) is 1. The molecular formula is C21H21BFN5O. The molecule has 0 atom stereocenters. The van der Waals surface area contributed by atoms with E-state index in [2.05, 4.69) is 10.00 Å². The molecule has 3 aromatic rings. The van der Waals surface area contributed by atoms with Gasteiger partial charge in [0.25, 0.3) is 0 Å². The van der Waals surface area contributed by atoms with E-state index in [-0.39, 0.29) is 24.1 Å². The van der Waals surface area contributed by atoms with Crippen LogP contribution in [0.5, 0.6) is 0 Å². The number of nitrogens with two attached hydrogens (primary N) is 1. The fourth-order valence-electron chi connectivity index (χ4n) is 3.60. The number of nitrogen functional groups attached to an aromatic ring is 1. The summed E-state index contributed by atoms with van der Waals surface area (Å²) in [6.45, 7) is 2.62. The first-order valence-electron chi connectivity index (χ1n) is 9.48. The van der Waals surface area contributed by atoms with Crippen LogP contribution in [0.3, 0.4) is 0 Å². The minimum atomic E-state index is -0.255. The van der Waals surface area contributed by atoms with Crippen molar-refractivity contribution in [3.8, 4) is 11.3 Å². The minimum Gasteiger partial charge on any atom is -0.383 e. The average Bonchev–Trinajstić information content (AvgIpc) is 3.02. The maximum absolute atomic E-state index is 13.1. The van der Waals surface area contributed by atoms with Crippen molar-refractivity contribution in [1.29, 1.82) is 0 Å². The second-order valence-corrected chi connectivity index (χ2v) is 7.02. The molecule has 4 rings (SSSR count). The Kier molecular flexibility index (Phi) is 5.25. The van der Waals surface area contributed by atoms with Crippen molar-refractivity contribution in [3.63, 3.8) is 0 Å². The summed E-state index contributed by atoms with van der Waals surface area (Å²) in [6, 6.07) is 16.0. The number of hydrogen-bond acceptors (Lipinski definition) is 4. The summed E-state index contributed by atoms with van der Waals surface area (Å²) < 4.78 is 14.7. The molecule has 0 unspecified atom stereocenters. The Morgan fingerprint density at radius 2 is 1.69 bits per heavy atom. The molecule has 6 nitrogen and oxygen atoms in total. The Balaban J connectivity index is 1.44. The van der Waals surface area contributed by atoms with E-state index >= 15 is 0 Å². The smallest absolute Gasteiger partial charge is 0.244 e. The summed E-state index contributed by atoms with van der Waals surface area (Å²) in [5.74, 6) is -0.0734. The fourth-order valence-corrected chi connectivity index (χ4v) is 3.60. The molecule has 0 spiro atoms. The Morgan fingerprint density at radius 1 is 1.03 bits per heavy atom. The first-order chi connectivity index (χ1) is 14.0. The molecule has 1 fully saturated rings. The van der Waals surface area contributed by atoms with Gasteiger partial charge in [0.15, 0.2) is 0 Å². The van der Waals surface area contributed by atoms with Crippen LogP contribution in [0.15, 0.2) is 54.6 Å². The lowest BCUT2D eigenvalue weighted by Gasteiger charge is -2.36. The summed E-state index contributed by atoms with van der Waals surface area (Å²) in [4.78, 5) is 16.8. The van der Waals surface area contributed by atoms with Gasteiger partial charge in [-0.15, -0.1) is 0 Å². The third-order valence-corrected chi connectivity index (χ3v) is 5.17. The monoisotopic (exact) mass is 389 g/mol. The molecule has 0 aliphatic carbocycles. The number of carbonyl (C=O) groups is 1. The fraction of sp³-hybridized carbons (Fsp3) is 0.238. The molecule has 1 aromatic heterocycles.